The molecule has 0 radical (unpaired) electrons. The molecule has 0 spiro atoms. The Bertz CT molecular complexity index is 357. The number of rotatable bonds is 2. The highest BCUT2D eigenvalue weighted by Gasteiger charge is 2.19. The summed E-state index contributed by atoms with van der Waals surface area (Å²) >= 11 is 3.51. The molecule has 0 aromatic heterocycles. The van der Waals surface area contributed by atoms with E-state index >= 15 is 0 Å². The number of nitrogens with two attached hydrogens (primary N) is 1. The Kier molecular flexibility index (Phi) is 3.74. The van der Waals surface area contributed by atoms with Crippen molar-refractivity contribution in [2.75, 3.05) is 23.7 Å². The summed E-state index contributed by atoms with van der Waals surface area (Å²) < 4.78 is 1.11. The molecule has 0 bridgehead atoms. The fourth-order valence-electron chi connectivity index (χ4n) is 2.37. The first-order valence-electron chi connectivity index (χ1n) is 6.00. The minimum absolute atomic E-state index is 0.887. The number of hydrogen-bond donors (Lipinski definition) is 1. The lowest BCUT2D eigenvalue weighted by atomic mass is 9.94. The molecule has 1 fully saturated rings. The first-order chi connectivity index (χ1) is 7.70. The number of benzene rings is 1. The third kappa shape index (κ3) is 2.51. The van der Waals surface area contributed by atoms with Gasteiger partial charge in [0.1, 0.15) is 0 Å². The number of hydrogen-bond acceptors (Lipinski definition) is 2. The molecule has 2 rings (SSSR count). The van der Waals surface area contributed by atoms with Crippen molar-refractivity contribution in [1.82, 2.24) is 0 Å². The van der Waals surface area contributed by atoms with Crippen molar-refractivity contribution in [3.8, 4) is 0 Å². The largest absolute Gasteiger partial charge is 0.397 e. The number of anilines is 2. The molecule has 0 saturated carbocycles. The normalized spacial score (nSPS) is 17.8. The Labute approximate surface area is 106 Å². The van der Waals surface area contributed by atoms with E-state index in [1.54, 1.807) is 0 Å². The predicted molar refractivity (Wildman–Crippen MR) is 73.8 cm³/mol. The third-order valence-corrected chi connectivity index (χ3v) is 4.02. The zero-order valence-corrected chi connectivity index (χ0v) is 11.3. The Balaban J connectivity index is 2.10. The highest BCUT2D eigenvalue weighted by Crippen LogP contribution is 2.31. The van der Waals surface area contributed by atoms with Crippen LogP contribution in [0.3, 0.4) is 0 Å². The van der Waals surface area contributed by atoms with Crippen molar-refractivity contribution in [3.63, 3.8) is 0 Å². The summed E-state index contributed by atoms with van der Waals surface area (Å²) in [6, 6.07) is 6.10. The van der Waals surface area contributed by atoms with E-state index in [2.05, 4.69) is 33.8 Å². The van der Waals surface area contributed by atoms with Crippen LogP contribution in [0.5, 0.6) is 0 Å². The minimum atomic E-state index is 0.887. The Morgan fingerprint density at radius 1 is 1.38 bits per heavy atom. The van der Waals surface area contributed by atoms with E-state index in [0.717, 1.165) is 29.2 Å². The maximum atomic E-state index is 6.02. The first kappa shape index (κ1) is 11.8. The van der Waals surface area contributed by atoms with E-state index in [4.69, 9.17) is 5.73 Å². The maximum Gasteiger partial charge on any atom is 0.0611 e. The lowest BCUT2D eigenvalue weighted by Crippen LogP contribution is -2.33. The molecule has 1 aliphatic heterocycles. The second kappa shape index (κ2) is 5.09. The van der Waals surface area contributed by atoms with E-state index in [0.29, 0.717) is 0 Å². The van der Waals surface area contributed by atoms with Crippen LogP contribution in [0, 0.1) is 5.92 Å². The van der Waals surface area contributed by atoms with Gasteiger partial charge < -0.3 is 10.6 Å². The smallest absolute Gasteiger partial charge is 0.0611 e. The van der Waals surface area contributed by atoms with Crippen LogP contribution in [0.25, 0.3) is 0 Å². The third-order valence-electron chi connectivity index (χ3n) is 3.53. The molecular formula is C13H19BrN2. The molecule has 1 aromatic rings. The quantitative estimate of drug-likeness (QED) is 0.839. The second-order valence-corrected chi connectivity index (χ2v) is 5.46. The summed E-state index contributed by atoms with van der Waals surface area (Å²) in [5, 5.41) is 0. The van der Waals surface area contributed by atoms with E-state index in [1.165, 1.54) is 24.9 Å². The predicted octanol–water partition coefficient (Wildman–Crippen LogP) is 3.66. The summed E-state index contributed by atoms with van der Waals surface area (Å²) in [6.45, 7) is 4.56. The van der Waals surface area contributed by atoms with Crippen LogP contribution in [-0.2, 0) is 0 Å². The van der Waals surface area contributed by atoms with Gasteiger partial charge in [-0.1, -0.05) is 29.3 Å². The summed E-state index contributed by atoms with van der Waals surface area (Å²) in [7, 11) is 0. The van der Waals surface area contributed by atoms with Crippen molar-refractivity contribution in [1.29, 1.82) is 0 Å². The molecule has 0 atom stereocenters. The molecular weight excluding hydrogens is 264 g/mol. The average Bonchev–Trinajstić information content (AvgIpc) is 2.32. The zero-order valence-electron chi connectivity index (χ0n) is 9.75. The Morgan fingerprint density at radius 2 is 2.06 bits per heavy atom. The molecule has 3 heteroatoms. The molecule has 0 unspecified atom stereocenters. The van der Waals surface area contributed by atoms with E-state index in [-0.39, 0.29) is 0 Å². The molecule has 0 aliphatic carbocycles. The molecule has 1 saturated heterocycles. The van der Waals surface area contributed by atoms with Gasteiger partial charge in [0, 0.05) is 17.6 Å². The van der Waals surface area contributed by atoms with Crippen LogP contribution >= 0.6 is 15.9 Å². The highest BCUT2D eigenvalue weighted by molar-refractivity contribution is 9.10. The molecule has 1 aliphatic rings. The van der Waals surface area contributed by atoms with Crippen LogP contribution in [0.4, 0.5) is 11.4 Å². The number of nitrogen functional groups attached to an aromatic ring is 1. The van der Waals surface area contributed by atoms with Crippen LogP contribution in [0.1, 0.15) is 26.2 Å². The van der Waals surface area contributed by atoms with Gasteiger partial charge in [0.2, 0.25) is 0 Å². The van der Waals surface area contributed by atoms with Crippen molar-refractivity contribution >= 4 is 27.3 Å². The molecule has 16 heavy (non-hydrogen) atoms. The standard InChI is InChI=1S/C13H19BrN2/c1-2-10-5-7-16(8-6-10)13-9-11(14)3-4-12(13)15/h3-4,9-10H,2,5-8,15H2,1H3. The minimum Gasteiger partial charge on any atom is -0.397 e. The van der Waals surface area contributed by atoms with E-state index in [1.807, 2.05) is 12.1 Å². The summed E-state index contributed by atoms with van der Waals surface area (Å²) in [5.41, 5.74) is 8.10. The van der Waals surface area contributed by atoms with Crippen LogP contribution < -0.4 is 10.6 Å². The lowest BCUT2D eigenvalue weighted by Gasteiger charge is -2.34. The zero-order chi connectivity index (χ0) is 11.5. The SMILES string of the molecule is CCC1CCN(c2cc(Br)ccc2N)CC1. The molecule has 88 valence electrons. The number of piperidine rings is 1. The highest BCUT2D eigenvalue weighted by atomic mass is 79.9. The topological polar surface area (TPSA) is 29.3 Å². The summed E-state index contributed by atoms with van der Waals surface area (Å²) in [4.78, 5) is 2.41. The van der Waals surface area contributed by atoms with Gasteiger partial charge in [0.25, 0.3) is 0 Å². The summed E-state index contributed by atoms with van der Waals surface area (Å²) in [5.74, 6) is 0.907. The van der Waals surface area contributed by atoms with Crippen molar-refractivity contribution in [2.45, 2.75) is 26.2 Å². The lowest BCUT2D eigenvalue weighted by molar-refractivity contribution is 0.395. The molecule has 2 nitrogen and oxygen atoms in total. The van der Waals surface area contributed by atoms with Gasteiger partial charge in [-0.25, -0.2) is 0 Å². The molecule has 1 heterocycles. The van der Waals surface area contributed by atoms with E-state index in [9.17, 15) is 0 Å². The molecule has 1 aromatic carbocycles. The van der Waals surface area contributed by atoms with Gasteiger partial charge in [-0.15, -0.1) is 0 Å². The van der Waals surface area contributed by atoms with Crippen molar-refractivity contribution in [2.24, 2.45) is 5.92 Å². The van der Waals surface area contributed by atoms with Gasteiger partial charge in [0.05, 0.1) is 11.4 Å². The fourth-order valence-corrected chi connectivity index (χ4v) is 2.72. The first-order valence-corrected chi connectivity index (χ1v) is 6.80. The van der Waals surface area contributed by atoms with Gasteiger partial charge in [-0.2, -0.15) is 0 Å². The van der Waals surface area contributed by atoms with Gasteiger partial charge in [-0.3, -0.25) is 0 Å². The van der Waals surface area contributed by atoms with Gasteiger partial charge in [0.15, 0.2) is 0 Å². The van der Waals surface area contributed by atoms with Crippen molar-refractivity contribution in [3.05, 3.63) is 22.7 Å². The maximum absolute atomic E-state index is 6.02. The van der Waals surface area contributed by atoms with Crippen LogP contribution in [0.15, 0.2) is 22.7 Å². The average molecular weight is 283 g/mol. The van der Waals surface area contributed by atoms with Crippen LogP contribution in [0.2, 0.25) is 0 Å². The Morgan fingerprint density at radius 3 is 2.69 bits per heavy atom. The van der Waals surface area contributed by atoms with Crippen LogP contribution in [-0.4, -0.2) is 13.1 Å². The Hall–Kier alpha value is -0.700. The monoisotopic (exact) mass is 282 g/mol. The second-order valence-electron chi connectivity index (χ2n) is 4.54. The van der Waals surface area contributed by atoms with Gasteiger partial charge in [-0.05, 0) is 37.0 Å². The van der Waals surface area contributed by atoms with E-state index < -0.39 is 0 Å². The number of halogens is 1. The molecule has 2 N–H and O–H groups in total. The summed E-state index contributed by atoms with van der Waals surface area (Å²) in [6.07, 6.45) is 3.90. The van der Waals surface area contributed by atoms with Gasteiger partial charge >= 0.3 is 0 Å². The number of nitrogens with zero attached hydrogens (tertiary/aromatic N) is 1. The fraction of sp³-hybridized carbons (Fsp3) is 0.538. The van der Waals surface area contributed by atoms with Crippen molar-refractivity contribution < 1.29 is 0 Å². The molecule has 0 amide bonds.